The lowest BCUT2D eigenvalue weighted by Gasteiger charge is -2.21. The second-order valence-corrected chi connectivity index (χ2v) is 26.5. The Hall–Kier alpha value is -10.4. The van der Waals surface area contributed by atoms with Crippen LogP contribution in [0, 0.1) is 11.8 Å². The number of nitrogens with one attached hydrogen (secondary N) is 10. The van der Waals surface area contributed by atoms with E-state index in [0.29, 0.717) is 103 Å². The van der Waals surface area contributed by atoms with E-state index in [4.69, 9.17) is 33.2 Å². The van der Waals surface area contributed by atoms with Crippen LogP contribution in [-0.4, -0.2) is 182 Å². The van der Waals surface area contributed by atoms with E-state index in [1.54, 1.807) is 12.1 Å². The molecule has 0 spiro atoms. The minimum atomic E-state index is -1.13. The van der Waals surface area contributed by atoms with E-state index in [0.717, 1.165) is 65.9 Å². The number of carbonyl (C=O) groups is 6. The summed E-state index contributed by atoms with van der Waals surface area (Å²) in [6, 6.07) is 37.3. The van der Waals surface area contributed by atoms with Crippen molar-refractivity contribution in [2.45, 2.75) is 90.4 Å². The van der Waals surface area contributed by atoms with Gasteiger partial charge in [0, 0.05) is 105 Å². The van der Waals surface area contributed by atoms with Gasteiger partial charge in [-0.25, -0.2) is 9.59 Å². The van der Waals surface area contributed by atoms with Gasteiger partial charge in [0.1, 0.15) is 23.6 Å². The molecule has 105 heavy (non-hydrogen) atoms. The number of carbonyl (C=O) groups excluding carboxylic acids is 4. The predicted molar refractivity (Wildman–Crippen MR) is 404 cm³/mol. The molecule has 12 N–H and O–H groups in total. The number of hydrogen-bond acceptors (Lipinski definition) is 15. The van der Waals surface area contributed by atoms with Crippen molar-refractivity contribution in [3.05, 3.63) is 192 Å². The van der Waals surface area contributed by atoms with E-state index in [1.807, 2.05) is 150 Å². The quantitative estimate of drug-likeness (QED) is 0.0158. The number of rotatable bonds is 46. The molecule has 4 atom stereocenters. The molecule has 0 aliphatic rings. The van der Waals surface area contributed by atoms with Gasteiger partial charge in [-0.2, -0.15) is 0 Å². The molecule has 0 bridgehead atoms. The molecule has 0 unspecified atom stereocenters. The van der Waals surface area contributed by atoms with Gasteiger partial charge in [-0.1, -0.05) is 100 Å². The summed E-state index contributed by atoms with van der Waals surface area (Å²) in [5.41, 5.74) is 8.84. The highest BCUT2D eigenvalue weighted by Crippen LogP contribution is 2.31. The number of hydrogen-bond donors (Lipinski definition) is 12. The summed E-state index contributed by atoms with van der Waals surface area (Å²) < 4.78 is 41.8. The number of aliphatic carboxylic acids is 2. The fraction of sp³-hybridized carbons (Fsp3) is 0.375. The average Bonchev–Trinajstić information content (AvgIpc) is 1.56. The number of carboxylic acids is 2. The van der Waals surface area contributed by atoms with Gasteiger partial charge in [-0.15, -0.1) is 0 Å². The third-order valence-corrected chi connectivity index (χ3v) is 17.8. The predicted octanol–water partition coefficient (Wildman–Crippen LogP) is 10.4. The molecule has 10 rings (SSSR count). The van der Waals surface area contributed by atoms with Gasteiger partial charge in [0.15, 0.2) is 0 Å². The molecule has 0 saturated carbocycles. The minimum Gasteiger partial charge on any atom is -0.491 e. The zero-order valence-corrected chi connectivity index (χ0v) is 59.8. The van der Waals surface area contributed by atoms with Crippen molar-refractivity contribution in [1.29, 1.82) is 0 Å². The van der Waals surface area contributed by atoms with Crippen LogP contribution >= 0.6 is 0 Å². The van der Waals surface area contributed by atoms with Gasteiger partial charge < -0.3 is 95.2 Å². The Morgan fingerprint density at radius 3 is 1.03 bits per heavy atom. The highest BCUT2D eigenvalue weighted by Gasteiger charge is 2.28. The summed E-state index contributed by atoms with van der Waals surface area (Å²) in [5.74, 6) is -3.56. The molecule has 25 heteroatoms. The standard InChI is InChI=1S/C80H96N10O15/c1-51(2)41-71(79(95)96)89-75(91)53-21-23-67(73(45-53)104-29-25-55-47-83-63-17-9-5-13-59(55)63)87-77(93)69(43-57-49-85-65-19-11-7-15-61(57)65)81-27-31-99-33-35-101-37-39-103-40-38-102-36-34-100-32-28-82-70(44-58-50-86-66-20-12-8-16-62(58)66)78(94)88-68-24-22-54(76(92)90-72(80(97)98)42-52(3)4)46-74(68)105-30-26-56-48-84-64-18-10-6-14-60(56)64/h5-24,45-52,69-72,81-86H,25-44H2,1-4H3,(H,87,93)(H,88,94)(H,89,91)(H,90,92)(H,95,96)(H,97,98)/t69-,70-,71-,72-/m0/s1. The Bertz CT molecular complexity index is 4200. The Labute approximate surface area is 609 Å². The highest BCUT2D eigenvalue weighted by molar-refractivity contribution is 6.02. The fourth-order valence-corrected chi connectivity index (χ4v) is 12.4. The fourth-order valence-electron chi connectivity index (χ4n) is 12.4. The van der Waals surface area contributed by atoms with Crippen LogP contribution in [0.1, 0.15) is 83.5 Å². The van der Waals surface area contributed by atoms with Crippen molar-refractivity contribution in [3.63, 3.8) is 0 Å². The summed E-state index contributed by atoms with van der Waals surface area (Å²) >= 11 is 0. The molecule has 0 aliphatic heterocycles. The van der Waals surface area contributed by atoms with Crippen LogP contribution < -0.4 is 41.4 Å². The second-order valence-electron chi connectivity index (χ2n) is 26.5. The van der Waals surface area contributed by atoms with Gasteiger partial charge in [-0.05, 0) is 120 Å². The van der Waals surface area contributed by atoms with Gasteiger partial charge in [0.25, 0.3) is 11.8 Å². The van der Waals surface area contributed by atoms with Crippen molar-refractivity contribution in [2.75, 3.05) is 103 Å². The Balaban J connectivity index is 0.644. The third-order valence-electron chi connectivity index (χ3n) is 17.8. The number of amides is 4. The van der Waals surface area contributed by atoms with Crippen LogP contribution in [0.3, 0.4) is 0 Å². The van der Waals surface area contributed by atoms with Crippen LogP contribution in [-0.2, 0) is 68.5 Å². The molecule has 6 aromatic carbocycles. The van der Waals surface area contributed by atoms with Crippen LogP contribution in [0.4, 0.5) is 11.4 Å². The van der Waals surface area contributed by atoms with Crippen molar-refractivity contribution >= 4 is 90.6 Å². The maximum absolute atomic E-state index is 14.4. The molecule has 10 aromatic rings. The number of H-pyrrole nitrogens is 4. The van der Waals surface area contributed by atoms with Crippen molar-refractivity contribution in [2.24, 2.45) is 11.8 Å². The topological polar surface area (TPSA) is 343 Å². The van der Waals surface area contributed by atoms with Crippen molar-refractivity contribution in [1.82, 2.24) is 41.2 Å². The molecule has 556 valence electrons. The van der Waals surface area contributed by atoms with Crippen LogP contribution in [0.2, 0.25) is 0 Å². The molecule has 4 aromatic heterocycles. The molecule has 25 nitrogen and oxygen atoms in total. The van der Waals surface area contributed by atoms with E-state index in [2.05, 4.69) is 51.8 Å². The summed E-state index contributed by atoms with van der Waals surface area (Å²) in [6.45, 7) is 11.8. The molecule has 0 aliphatic carbocycles. The lowest BCUT2D eigenvalue weighted by atomic mass is 10.0. The molecule has 0 fully saturated rings. The lowest BCUT2D eigenvalue weighted by Crippen LogP contribution is -2.43. The van der Waals surface area contributed by atoms with E-state index < -0.39 is 47.9 Å². The summed E-state index contributed by atoms with van der Waals surface area (Å²) in [7, 11) is 0. The minimum absolute atomic E-state index is 0.0236. The first-order valence-electron chi connectivity index (χ1n) is 35.8. The van der Waals surface area contributed by atoms with Gasteiger partial charge in [0.2, 0.25) is 11.8 Å². The van der Waals surface area contributed by atoms with E-state index in [1.165, 1.54) is 24.3 Å². The maximum Gasteiger partial charge on any atom is 0.326 e. The number of ether oxygens (including phenoxy) is 7. The number of para-hydroxylation sites is 4. The summed E-state index contributed by atoms with van der Waals surface area (Å²) in [5, 5.41) is 42.0. The number of carboxylic acid groups (broad SMARTS) is 2. The normalized spacial score (nSPS) is 12.8. The number of benzene rings is 6. The Morgan fingerprint density at radius 1 is 0.381 bits per heavy atom. The highest BCUT2D eigenvalue weighted by atomic mass is 16.6. The third kappa shape index (κ3) is 22.8. The zero-order chi connectivity index (χ0) is 73.9. The maximum atomic E-state index is 14.4. The van der Waals surface area contributed by atoms with Gasteiger partial charge in [-0.3, -0.25) is 19.2 Å². The van der Waals surface area contributed by atoms with Crippen LogP contribution in [0.5, 0.6) is 11.5 Å². The van der Waals surface area contributed by atoms with E-state index in [-0.39, 0.29) is 85.5 Å². The lowest BCUT2D eigenvalue weighted by molar-refractivity contribution is -0.140. The average molecular weight is 1440 g/mol. The molecule has 0 radical (unpaired) electrons. The number of anilines is 2. The summed E-state index contributed by atoms with van der Waals surface area (Å²) in [4.78, 5) is 93.4. The number of aromatic amines is 4. The Morgan fingerprint density at radius 2 is 0.695 bits per heavy atom. The molecule has 4 amide bonds. The Kier molecular flexibility index (Phi) is 29.0. The first kappa shape index (κ1) is 77.2. The molecule has 0 saturated heterocycles. The van der Waals surface area contributed by atoms with Gasteiger partial charge in [0.05, 0.1) is 103 Å². The zero-order valence-electron chi connectivity index (χ0n) is 59.8. The van der Waals surface area contributed by atoms with Crippen LogP contribution in [0.15, 0.2) is 158 Å². The van der Waals surface area contributed by atoms with Crippen LogP contribution in [0.25, 0.3) is 43.6 Å². The smallest absolute Gasteiger partial charge is 0.326 e. The number of fused-ring (bicyclic) bond motifs is 4. The first-order chi connectivity index (χ1) is 51.0. The molecule has 4 heterocycles. The monoisotopic (exact) mass is 1440 g/mol. The van der Waals surface area contributed by atoms with Gasteiger partial charge >= 0.3 is 11.9 Å². The first-order valence-corrected chi connectivity index (χ1v) is 35.8. The van der Waals surface area contributed by atoms with Crippen molar-refractivity contribution < 1.29 is 72.1 Å². The van der Waals surface area contributed by atoms with Crippen molar-refractivity contribution in [3.8, 4) is 11.5 Å². The molecular formula is C80H96N10O15. The number of aromatic nitrogens is 4. The largest absolute Gasteiger partial charge is 0.491 e. The van der Waals surface area contributed by atoms with E-state index >= 15 is 0 Å². The molecular weight excluding hydrogens is 1340 g/mol. The second kappa shape index (κ2) is 39.5. The SMILES string of the molecule is CC(C)C[C@H](NC(=O)c1ccc(NC(=O)[C@H](Cc2c[nH]c3ccccc23)NCCOCCOCCOCCOCCOCCN[C@@H](Cc2c[nH]c3ccccc23)C(=O)Nc2ccc(C(=O)N[C@@H](CC(C)C)C(=O)O)cc2OCCc2c[nH]c3ccccc23)c(OCCc2c[nH]c3ccccc23)c1)C(=O)O. The van der Waals surface area contributed by atoms with E-state index in [9.17, 15) is 39.0 Å². The summed E-state index contributed by atoms with van der Waals surface area (Å²) in [6.07, 6.45) is 9.87.